The molecule has 1 unspecified atom stereocenters. The van der Waals surface area contributed by atoms with Crippen LogP contribution in [0.5, 0.6) is 11.5 Å². The van der Waals surface area contributed by atoms with Crippen molar-refractivity contribution in [3.8, 4) is 11.5 Å². The first-order valence-electron chi connectivity index (χ1n) is 7.88. The van der Waals surface area contributed by atoms with Gasteiger partial charge in [0.05, 0.1) is 20.8 Å². The summed E-state index contributed by atoms with van der Waals surface area (Å²) >= 11 is 6.24. The summed E-state index contributed by atoms with van der Waals surface area (Å²) in [7, 11) is 3.24. The minimum absolute atomic E-state index is 0.345. The Morgan fingerprint density at radius 1 is 1.20 bits per heavy atom. The predicted octanol–water partition coefficient (Wildman–Crippen LogP) is 4.96. The Balaban J connectivity index is 2.16. The summed E-state index contributed by atoms with van der Waals surface area (Å²) in [5.74, 6) is 1.31. The summed E-state index contributed by atoms with van der Waals surface area (Å²) in [5.41, 5.74) is 3.67. The van der Waals surface area contributed by atoms with Crippen LogP contribution in [-0.4, -0.2) is 20.8 Å². The molecule has 1 N–H and O–H groups in total. The average molecular weight is 358 g/mol. The second-order valence-corrected chi connectivity index (χ2v) is 5.99. The van der Waals surface area contributed by atoms with Gasteiger partial charge in [-0.2, -0.15) is 0 Å². The zero-order valence-corrected chi connectivity index (χ0v) is 15.0. The van der Waals surface area contributed by atoms with E-state index in [-0.39, 0.29) is 6.10 Å². The highest BCUT2D eigenvalue weighted by atomic mass is 35.5. The SMILES string of the molecule is C=C/C=C1/COC(c2cccc(OC)c2OC)c2cc(Cl)ccc2N1. The number of ether oxygens (including phenoxy) is 3. The Bertz CT molecular complexity index is 817. The fourth-order valence-corrected chi connectivity index (χ4v) is 3.12. The first-order chi connectivity index (χ1) is 12.2. The van der Waals surface area contributed by atoms with Gasteiger partial charge in [-0.05, 0) is 30.3 Å². The molecule has 130 valence electrons. The van der Waals surface area contributed by atoms with Crippen molar-refractivity contribution in [2.24, 2.45) is 0 Å². The molecule has 0 aliphatic carbocycles. The fraction of sp³-hybridized carbons (Fsp3) is 0.200. The molecular formula is C20H20ClNO3. The van der Waals surface area contributed by atoms with Gasteiger partial charge < -0.3 is 19.5 Å². The molecule has 2 aromatic carbocycles. The number of fused-ring (bicyclic) bond motifs is 1. The van der Waals surface area contributed by atoms with Gasteiger partial charge in [0.25, 0.3) is 0 Å². The maximum absolute atomic E-state index is 6.24. The van der Waals surface area contributed by atoms with Crippen molar-refractivity contribution in [2.75, 3.05) is 26.1 Å². The predicted molar refractivity (Wildman–Crippen MR) is 101 cm³/mol. The highest BCUT2D eigenvalue weighted by molar-refractivity contribution is 6.30. The van der Waals surface area contributed by atoms with Gasteiger partial charge in [0.15, 0.2) is 11.5 Å². The van der Waals surface area contributed by atoms with Crippen LogP contribution in [0, 0.1) is 0 Å². The van der Waals surface area contributed by atoms with Crippen LogP contribution < -0.4 is 14.8 Å². The van der Waals surface area contributed by atoms with Crippen LogP contribution in [0.4, 0.5) is 5.69 Å². The fourth-order valence-electron chi connectivity index (χ4n) is 2.94. The number of rotatable bonds is 4. The number of nitrogens with one attached hydrogen (secondary N) is 1. The number of methoxy groups -OCH3 is 2. The molecule has 0 radical (unpaired) electrons. The molecule has 25 heavy (non-hydrogen) atoms. The van der Waals surface area contributed by atoms with Gasteiger partial charge >= 0.3 is 0 Å². The molecule has 0 spiro atoms. The van der Waals surface area contributed by atoms with Crippen LogP contribution in [0.2, 0.25) is 5.02 Å². The van der Waals surface area contributed by atoms with E-state index in [1.165, 1.54) is 0 Å². The molecule has 0 saturated carbocycles. The molecule has 1 atom stereocenters. The van der Waals surface area contributed by atoms with E-state index in [1.807, 2.05) is 42.5 Å². The maximum Gasteiger partial charge on any atom is 0.166 e. The molecule has 2 aromatic rings. The van der Waals surface area contributed by atoms with Crippen molar-refractivity contribution >= 4 is 17.3 Å². The third-order valence-corrected chi connectivity index (χ3v) is 4.27. The minimum Gasteiger partial charge on any atom is -0.493 e. The Labute approximate surface area is 152 Å². The summed E-state index contributed by atoms with van der Waals surface area (Å²) in [4.78, 5) is 0. The van der Waals surface area contributed by atoms with Crippen LogP contribution in [0.1, 0.15) is 17.2 Å². The molecule has 0 saturated heterocycles. The van der Waals surface area contributed by atoms with E-state index in [2.05, 4.69) is 11.9 Å². The van der Waals surface area contributed by atoms with Crippen molar-refractivity contribution in [2.45, 2.75) is 6.10 Å². The van der Waals surface area contributed by atoms with Crippen LogP contribution in [0.15, 0.2) is 60.8 Å². The van der Waals surface area contributed by atoms with Crippen molar-refractivity contribution in [3.05, 3.63) is 77.0 Å². The summed E-state index contributed by atoms with van der Waals surface area (Å²) in [6, 6.07) is 11.5. The maximum atomic E-state index is 6.24. The minimum atomic E-state index is -0.345. The average Bonchev–Trinajstić information content (AvgIpc) is 2.80. The second kappa shape index (κ2) is 7.64. The molecule has 1 heterocycles. The van der Waals surface area contributed by atoms with Crippen LogP contribution in [0.3, 0.4) is 0 Å². The number of hydrogen-bond donors (Lipinski definition) is 1. The van der Waals surface area contributed by atoms with Crippen molar-refractivity contribution in [3.63, 3.8) is 0 Å². The molecule has 5 heteroatoms. The second-order valence-electron chi connectivity index (χ2n) is 5.56. The van der Waals surface area contributed by atoms with Crippen LogP contribution in [-0.2, 0) is 4.74 Å². The standard InChI is InChI=1S/C20H20ClNO3/c1-4-6-14-12-25-19(16-11-13(21)9-10-17(16)22-14)15-7-5-8-18(23-2)20(15)24-3/h4-11,19,22H,1,12H2,2-3H3/b14-6-. The Morgan fingerprint density at radius 2 is 2.04 bits per heavy atom. The van der Waals surface area contributed by atoms with E-state index in [1.54, 1.807) is 20.3 Å². The monoisotopic (exact) mass is 357 g/mol. The number of benzene rings is 2. The normalized spacial score (nSPS) is 18.0. The lowest BCUT2D eigenvalue weighted by Gasteiger charge is -2.21. The zero-order valence-electron chi connectivity index (χ0n) is 14.2. The topological polar surface area (TPSA) is 39.7 Å². The Hall–Kier alpha value is -2.43. The summed E-state index contributed by atoms with van der Waals surface area (Å²) < 4.78 is 17.2. The number of anilines is 1. The third-order valence-electron chi connectivity index (χ3n) is 4.03. The van der Waals surface area contributed by atoms with Crippen molar-refractivity contribution < 1.29 is 14.2 Å². The van der Waals surface area contributed by atoms with Gasteiger partial charge in [0.1, 0.15) is 6.10 Å². The van der Waals surface area contributed by atoms with Crippen LogP contribution in [0.25, 0.3) is 0 Å². The largest absolute Gasteiger partial charge is 0.493 e. The number of para-hydroxylation sites is 1. The summed E-state index contributed by atoms with van der Waals surface area (Å²) in [5, 5.41) is 4.03. The quantitative estimate of drug-likeness (QED) is 0.839. The smallest absolute Gasteiger partial charge is 0.166 e. The molecule has 0 amide bonds. The first-order valence-corrected chi connectivity index (χ1v) is 8.26. The first kappa shape index (κ1) is 17.4. The van der Waals surface area contributed by atoms with Gasteiger partial charge in [-0.25, -0.2) is 0 Å². The van der Waals surface area contributed by atoms with E-state index in [9.17, 15) is 0 Å². The van der Waals surface area contributed by atoms with Gasteiger partial charge in [0.2, 0.25) is 0 Å². The highest BCUT2D eigenvalue weighted by Gasteiger charge is 2.27. The molecule has 0 fully saturated rings. The molecule has 3 rings (SSSR count). The number of allylic oxidation sites excluding steroid dienone is 2. The molecule has 0 bridgehead atoms. The molecule has 1 aliphatic rings. The van der Waals surface area contributed by atoms with E-state index in [0.29, 0.717) is 23.1 Å². The highest BCUT2D eigenvalue weighted by Crippen LogP contribution is 2.43. The number of halogens is 1. The number of hydrogen-bond acceptors (Lipinski definition) is 4. The lowest BCUT2D eigenvalue weighted by atomic mass is 9.98. The summed E-state index contributed by atoms with van der Waals surface area (Å²) in [6.07, 6.45) is 3.28. The van der Waals surface area contributed by atoms with Gasteiger partial charge in [0, 0.05) is 27.5 Å². The Morgan fingerprint density at radius 3 is 2.76 bits per heavy atom. The van der Waals surface area contributed by atoms with Gasteiger partial charge in [-0.1, -0.05) is 36.4 Å². The Kier molecular flexibility index (Phi) is 5.31. The lowest BCUT2D eigenvalue weighted by molar-refractivity contribution is 0.100. The van der Waals surface area contributed by atoms with E-state index >= 15 is 0 Å². The van der Waals surface area contributed by atoms with Gasteiger partial charge in [-0.15, -0.1) is 0 Å². The zero-order chi connectivity index (χ0) is 17.8. The van der Waals surface area contributed by atoms with Crippen molar-refractivity contribution in [1.82, 2.24) is 0 Å². The summed E-state index contributed by atoms with van der Waals surface area (Å²) in [6.45, 7) is 4.16. The molecular weight excluding hydrogens is 338 g/mol. The van der Waals surface area contributed by atoms with Gasteiger partial charge in [-0.3, -0.25) is 0 Å². The molecule has 1 aliphatic heterocycles. The van der Waals surface area contributed by atoms with E-state index in [4.69, 9.17) is 25.8 Å². The van der Waals surface area contributed by atoms with Crippen LogP contribution >= 0.6 is 11.6 Å². The molecule has 4 nitrogen and oxygen atoms in total. The van der Waals surface area contributed by atoms with E-state index in [0.717, 1.165) is 22.5 Å². The van der Waals surface area contributed by atoms with Crippen molar-refractivity contribution in [1.29, 1.82) is 0 Å². The van der Waals surface area contributed by atoms with E-state index < -0.39 is 0 Å². The molecule has 0 aromatic heterocycles. The third kappa shape index (κ3) is 3.50. The lowest BCUT2D eigenvalue weighted by Crippen LogP contribution is -2.08.